The predicted octanol–water partition coefficient (Wildman–Crippen LogP) is 1.48. The number of rotatable bonds is 7. The van der Waals surface area contributed by atoms with Crippen molar-refractivity contribution in [1.29, 1.82) is 0 Å². The highest BCUT2D eigenvalue weighted by Crippen LogP contribution is 2.55. The molecule has 4 N–H and O–H groups in total. The molecule has 6 rings (SSSR count). The number of ether oxygens (including phenoxy) is 1. The number of aromatic nitrogens is 2. The first kappa shape index (κ1) is 19.1. The molecule has 1 heterocycles. The number of hydrogen-bond donors (Lipinski definition) is 4. The lowest BCUT2D eigenvalue weighted by atomic mass is 9.52. The van der Waals surface area contributed by atoms with Gasteiger partial charge < -0.3 is 25.6 Å². The molecule has 5 aliphatic rings. The van der Waals surface area contributed by atoms with Gasteiger partial charge in [0.05, 0.1) is 12.2 Å². The molecule has 2 atom stereocenters. The van der Waals surface area contributed by atoms with Crippen molar-refractivity contribution in [3.05, 3.63) is 11.8 Å². The van der Waals surface area contributed by atoms with Gasteiger partial charge in [-0.2, -0.15) is 4.98 Å². The van der Waals surface area contributed by atoms with Gasteiger partial charge in [-0.1, -0.05) is 0 Å². The Balaban J connectivity index is 1.33. The van der Waals surface area contributed by atoms with Gasteiger partial charge >= 0.3 is 0 Å². The second kappa shape index (κ2) is 7.40. The summed E-state index contributed by atoms with van der Waals surface area (Å²) in [4.78, 5) is 21.8. The quantitative estimate of drug-likeness (QED) is 0.546. The highest BCUT2D eigenvalue weighted by Gasteiger charge is 2.55. The van der Waals surface area contributed by atoms with Crippen molar-refractivity contribution < 1.29 is 19.7 Å². The van der Waals surface area contributed by atoms with Gasteiger partial charge in [0.1, 0.15) is 11.7 Å². The molecule has 4 bridgehead atoms. The van der Waals surface area contributed by atoms with E-state index < -0.39 is 5.60 Å². The number of aliphatic hydroxyl groups is 2. The van der Waals surface area contributed by atoms with Crippen LogP contribution in [-0.2, 0) is 0 Å². The van der Waals surface area contributed by atoms with Crippen LogP contribution in [0.1, 0.15) is 61.7 Å². The van der Waals surface area contributed by atoms with Crippen LogP contribution in [0.4, 0.5) is 5.95 Å². The van der Waals surface area contributed by atoms with Crippen LogP contribution in [0.3, 0.4) is 0 Å². The van der Waals surface area contributed by atoms with E-state index in [2.05, 4.69) is 20.6 Å². The van der Waals surface area contributed by atoms with Crippen LogP contribution < -0.4 is 15.4 Å². The van der Waals surface area contributed by atoms with Crippen molar-refractivity contribution in [2.75, 3.05) is 18.5 Å². The maximum atomic E-state index is 13.2. The van der Waals surface area contributed by atoms with Crippen LogP contribution >= 0.6 is 0 Å². The zero-order valence-electron chi connectivity index (χ0n) is 16.6. The Labute approximate surface area is 170 Å². The van der Waals surface area contributed by atoms with Crippen LogP contribution in [0.15, 0.2) is 6.20 Å². The average molecular weight is 402 g/mol. The number of carbonyl (C=O) groups is 1. The highest BCUT2D eigenvalue weighted by atomic mass is 16.5. The summed E-state index contributed by atoms with van der Waals surface area (Å²) in [6.07, 6.45) is 9.36. The minimum absolute atomic E-state index is 0.0256. The second-order valence-electron chi connectivity index (χ2n) is 9.43. The minimum Gasteiger partial charge on any atom is -0.474 e. The van der Waals surface area contributed by atoms with Gasteiger partial charge in [0.15, 0.2) is 0 Å². The molecule has 1 aromatic rings. The van der Waals surface area contributed by atoms with Crippen LogP contribution in [0.2, 0.25) is 0 Å². The molecule has 5 fully saturated rings. The number of nitrogens with one attached hydrogen (secondary N) is 2. The van der Waals surface area contributed by atoms with Gasteiger partial charge in [0.25, 0.3) is 5.91 Å². The summed E-state index contributed by atoms with van der Waals surface area (Å²) in [5.74, 6) is 1.75. The fourth-order valence-electron chi connectivity index (χ4n) is 5.96. The van der Waals surface area contributed by atoms with Crippen LogP contribution in [0.25, 0.3) is 0 Å². The Morgan fingerprint density at radius 3 is 2.62 bits per heavy atom. The molecule has 1 aromatic heterocycles. The zero-order valence-corrected chi connectivity index (χ0v) is 16.6. The molecule has 0 spiro atoms. The lowest BCUT2D eigenvalue weighted by Crippen LogP contribution is -2.61. The standard InChI is InChI=1S/C21H30N4O4/c26-5-4-22-20-23-11-16(19(25-20)29-15-2-1-3-15)18(27)24-17-13-6-12-7-14(17)10-21(28,8-12)9-13/h11-15,17,26,28H,1-10H2,(H,24,27)(H,22,23,25). The molecule has 0 radical (unpaired) electrons. The van der Waals surface area contributed by atoms with E-state index in [0.717, 1.165) is 51.4 Å². The maximum absolute atomic E-state index is 13.2. The lowest BCUT2D eigenvalue weighted by Gasteiger charge is -2.58. The Morgan fingerprint density at radius 1 is 1.24 bits per heavy atom. The van der Waals surface area contributed by atoms with Gasteiger partial charge in [0, 0.05) is 18.8 Å². The van der Waals surface area contributed by atoms with Crippen molar-refractivity contribution in [3.63, 3.8) is 0 Å². The minimum atomic E-state index is -0.515. The number of carbonyl (C=O) groups excluding carboxylic acids is 1. The molecule has 5 aliphatic carbocycles. The fourth-order valence-corrected chi connectivity index (χ4v) is 5.96. The summed E-state index contributed by atoms with van der Waals surface area (Å²) in [5, 5.41) is 25.9. The van der Waals surface area contributed by atoms with Crippen molar-refractivity contribution >= 4 is 11.9 Å². The zero-order chi connectivity index (χ0) is 20.0. The molecule has 8 heteroatoms. The maximum Gasteiger partial charge on any atom is 0.258 e. The number of aliphatic hydroxyl groups excluding tert-OH is 1. The summed E-state index contributed by atoms with van der Waals surface area (Å²) < 4.78 is 5.99. The molecule has 158 valence electrons. The Bertz CT molecular complexity index is 768. The first-order valence-electron chi connectivity index (χ1n) is 10.9. The van der Waals surface area contributed by atoms with Crippen molar-refractivity contribution in [3.8, 4) is 5.88 Å². The van der Waals surface area contributed by atoms with Crippen LogP contribution in [0.5, 0.6) is 5.88 Å². The summed E-state index contributed by atoms with van der Waals surface area (Å²) >= 11 is 0. The van der Waals surface area contributed by atoms with Gasteiger partial charge in [-0.25, -0.2) is 4.98 Å². The summed E-state index contributed by atoms with van der Waals surface area (Å²) in [6, 6.07) is 0.100. The molecular formula is C21H30N4O4. The summed E-state index contributed by atoms with van der Waals surface area (Å²) in [5.41, 5.74) is -0.154. The van der Waals surface area contributed by atoms with Gasteiger partial charge in [0.2, 0.25) is 11.8 Å². The summed E-state index contributed by atoms with van der Waals surface area (Å²) in [7, 11) is 0. The number of nitrogens with zero attached hydrogens (tertiary/aromatic N) is 2. The second-order valence-corrected chi connectivity index (χ2v) is 9.43. The molecule has 0 saturated heterocycles. The van der Waals surface area contributed by atoms with Gasteiger partial charge in [-0.05, 0) is 69.1 Å². The van der Waals surface area contributed by atoms with Crippen LogP contribution in [-0.4, -0.2) is 57.0 Å². The highest BCUT2D eigenvalue weighted by molar-refractivity contribution is 5.96. The third-order valence-corrected chi connectivity index (χ3v) is 7.26. The monoisotopic (exact) mass is 402 g/mol. The van der Waals surface area contributed by atoms with Crippen molar-refractivity contribution in [2.24, 2.45) is 17.8 Å². The van der Waals surface area contributed by atoms with E-state index in [1.165, 1.54) is 6.20 Å². The predicted molar refractivity (Wildman–Crippen MR) is 106 cm³/mol. The molecule has 29 heavy (non-hydrogen) atoms. The molecule has 0 aliphatic heterocycles. The topological polar surface area (TPSA) is 117 Å². The van der Waals surface area contributed by atoms with Crippen molar-refractivity contribution in [2.45, 2.75) is 69.1 Å². The Hall–Kier alpha value is -1.93. The largest absolute Gasteiger partial charge is 0.474 e. The third kappa shape index (κ3) is 3.68. The van der Waals surface area contributed by atoms with Gasteiger partial charge in [-0.3, -0.25) is 4.79 Å². The first-order chi connectivity index (χ1) is 14.0. The smallest absolute Gasteiger partial charge is 0.258 e. The Kier molecular flexibility index (Phi) is 4.86. The van der Waals surface area contributed by atoms with E-state index >= 15 is 0 Å². The van der Waals surface area contributed by atoms with E-state index in [1.54, 1.807) is 0 Å². The molecule has 8 nitrogen and oxygen atoms in total. The van der Waals surface area contributed by atoms with E-state index in [0.29, 0.717) is 41.7 Å². The molecular weight excluding hydrogens is 372 g/mol. The third-order valence-electron chi connectivity index (χ3n) is 7.26. The van der Waals surface area contributed by atoms with E-state index in [1.807, 2.05) is 0 Å². The molecule has 1 amide bonds. The van der Waals surface area contributed by atoms with Crippen LogP contribution in [0, 0.1) is 17.8 Å². The fraction of sp³-hybridized carbons (Fsp3) is 0.762. The Morgan fingerprint density at radius 2 is 2.00 bits per heavy atom. The van der Waals surface area contributed by atoms with E-state index in [9.17, 15) is 9.90 Å². The number of amides is 1. The van der Waals surface area contributed by atoms with E-state index in [-0.39, 0.29) is 24.7 Å². The van der Waals surface area contributed by atoms with E-state index in [4.69, 9.17) is 9.84 Å². The number of hydrogen-bond acceptors (Lipinski definition) is 7. The SMILES string of the molecule is O=C(NC1C2CC3CC1CC(O)(C3)C2)c1cnc(NCCO)nc1OC1CCC1. The average Bonchev–Trinajstić information content (AvgIpc) is 2.64. The molecule has 2 unspecified atom stereocenters. The van der Waals surface area contributed by atoms with Gasteiger partial charge in [-0.15, -0.1) is 0 Å². The lowest BCUT2D eigenvalue weighted by molar-refractivity contribution is -0.136. The molecule has 0 aromatic carbocycles. The summed E-state index contributed by atoms with van der Waals surface area (Å²) in [6.45, 7) is 0.312. The number of anilines is 1. The molecule has 5 saturated carbocycles. The first-order valence-corrected chi connectivity index (χ1v) is 10.9. The van der Waals surface area contributed by atoms with Crippen molar-refractivity contribution in [1.82, 2.24) is 15.3 Å². The normalized spacial score (nSPS) is 35.2.